The number of halogens is 4. The molecule has 0 radical (unpaired) electrons. The van der Waals surface area contributed by atoms with E-state index in [1.807, 2.05) is 0 Å². The van der Waals surface area contributed by atoms with Crippen molar-refractivity contribution in [2.75, 3.05) is 26.7 Å². The maximum atomic E-state index is 13.9. The Hall–Kier alpha value is -1.88. The van der Waals surface area contributed by atoms with Gasteiger partial charge >= 0.3 is 0 Å². The van der Waals surface area contributed by atoms with Crippen LogP contribution in [0.3, 0.4) is 0 Å². The van der Waals surface area contributed by atoms with E-state index < -0.39 is 56.4 Å². The van der Waals surface area contributed by atoms with Crippen molar-refractivity contribution in [2.45, 2.75) is 4.90 Å². The zero-order valence-corrected chi connectivity index (χ0v) is 11.9. The number of amides is 1. The average molecular weight is 342 g/mol. The molecule has 0 bridgehead atoms. The SMILES string of the molecule is COc1c(F)c(F)c(S(=O)(=O)N2CCNC(=O)C2)c(F)c1F. The van der Waals surface area contributed by atoms with E-state index in [4.69, 9.17) is 0 Å². The number of piperazine rings is 1. The number of carbonyl (C=O) groups is 1. The number of nitrogens with one attached hydrogen (secondary N) is 1. The number of sulfonamides is 1. The molecule has 6 nitrogen and oxygen atoms in total. The third-order valence-electron chi connectivity index (χ3n) is 2.99. The fourth-order valence-electron chi connectivity index (χ4n) is 1.95. The number of hydrogen-bond donors (Lipinski definition) is 1. The summed E-state index contributed by atoms with van der Waals surface area (Å²) < 4.78 is 83.9. The van der Waals surface area contributed by atoms with Crippen molar-refractivity contribution in [1.29, 1.82) is 0 Å². The third-order valence-corrected chi connectivity index (χ3v) is 4.85. The Bertz CT molecular complexity index is 709. The van der Waals surface area contributed by atoms with E-state index in [-0.39, 0.29) is 13.1 Å². The van der Waals surface area contributed by atoms with Gasteiger partial charge in [0.15, 0.2) is 22.3 Å². The van der Waals surface area contributed by atoms with Crippen LogP contribution in [0.1, 0.15) is 0 Å². The summed E-state index contributed by atoms with van der Waals surface area (Å²) >= 11 is 0. The molecule has 1 heterocycles. The Morgan fingerprint density at radius 3 is 2.09 bits per heavy atom. The Morgan fingerprint density at radius 1 is 1.09 bits per heavy atom. The van der Waals surface area contributed by atoms with Crippen molar-refractivity contribution >= 4 is 15.9 Å². The number of nitrogens with zero attached hydrogens (tertiary/aromatic N) is 1. The van der Waals surface area contributed by atoms with Gasteiger partial charge in [0, 0.05) is 13.1 Å². The van der Waals surface area contributed by atoms with E-state index in [9.17, 15) is 30.8 Å². The molecule has 1 amide bonds. The van der Waals surface area contributed by atoms with Gasteiger partial charge in [0.2, 0.25) is 27.6 Å². The van der Waals surface area contributed by atoms with Crippen LogP contribution in [0.15, 0.2) is 4.90 Å². The monoisotopic (exact) mass is 342 g/mol. The van der Waals surface area contributed by atoms with Crippen molar-refractivity contribution in [3.63, 3.8) is 0 Å². The van der Waals surface area contributed by atoms with Crippen molar-refractivity contribution in [3.8, 4) is 5.75 Å². The van der Waals surface area contributed by atoms with Crippen LogP contribution in [0.25, 0.3) is 0 Å². The second kappa shape index (κ2) is 5.72. The lowest BCUT2D eigenvalue weighted by Crippen LogP contribution is -2.50. The van der Waals surface area contributed by atoms with Crippen LogP contribution in [-0.2, 0) is 14.8 Å². The molecule has 1 aromatic rings. The predicted octanol–water partition coefficient (Wildman–Crippen LogP) is 0.372. The van der Waals surface area contributed by atoms with Gasteiger partial charge < -0.3 is 10.1 Å². The van der Waals surface area contributed by atoms with Crippen LogP contribution in [0.2, 0.25) is 0 Å². The summed E-state index contributed by atoms with van der Waals surface area (Å²) in [5.41, 5.74) is 0. The van der Waals surface area contributed by atoms with Gasteiger partial charge in [0.1, 0.15) is 0 Å². The minimum atomic E-state index is -4.94. The highest BCUT2D eigenvalue weighted by Crippen LogP contribution is 2.33. The maximum Gasteiger partial charge on any atom is 0.249 e. The number of benzene rings is 1. The largest absolute Gasteiger partial charge is 0.491 e. The second-order valence-corrected chi connectivity index (χ2v) is 6.18. The Kier molecular flexibility index (Phi) is 4.29. The van der Waals surface area contributed by atoms with E-state index in [0.717, 1.165) is 7.11 Å². The number of hydrogen-bond acceptors (Lipinski definition) is 4. The predicted molar refractivity (Wildman–Crippen MR) is 64.6 cm³/mol. The van der Waals surface area contributed by atoms with Crippen molar-refractivity contribution in [1.82, 2.24) is 9.62 Å². The summed E-state index contributed by atoms with van der Waals surface area (Å²) in [4.78, 5) is 9.39. The number of carbonyl (C=O) groups excluding carboxylic acids is 1. The number of methoxy groups -OCH3 is 1. The maximum absolute atomic E-state index is 13.9. The van der Waals surface area contributed by atoms with Crippen molar-refractivity contribution in [3.05, 3.63) is 23.3 Å². The lowest BCUT2D eigenvalue weighted by atomic mass is 10.3. The molecule has 0 aromatic heterocycles. The molecule has 0 atom stereocenters. The first-order valence-corrected chi connectivity index (χ1v) is 7.32. The zero-order chi connectivity index (χ0) is 16.7. The summed E-state index contributed by atoms with van der Waals surface area (Å²) in [5, 5.41) is 2.31. The van der Waals surface area contributed by atoms with E-state index in [0.29, 0.717) is 4.31 Å². The van der Waals surface area contributed by atoms with Gasteiger partial charge in [-0.1, -0.05) is 0 Å². The Morgan fingerprint density at radius 2 is 1.64 bits per heavy atom. The second-order valence-electron chi connectivity index (χ2n) is 4.31. The zero-order valence-electron chi connectivity index (χ0n) is 11.1. The van der Waals surface area contributed by atoms with Crippen LogP contribution >= 0.6 is 0 Å². The average Bonchev–Trinajstić information content (AvgIpc) is 2.46. The molecule has 0 unspecified atom stereocenters. The first-order valence-electron chi connectivity index (χ1n) is 5.88. The van der Waals surface area contributed by atoms with E-state index in [1.54, 1.807) is 0 Å². The Labute approximate surface area is 122 Å². The molecule has 1 aromatic carbocycles. The molecule has 1 N–H and O–H groups in total. The van der Waals surface area contributed by atoms with Crippen LogP contribution in [0.5, 0.6) is 5.75 Å². The molecule has 11 heteroatoms. The van der Waals surface area contributed by atoms with Gasteiger partial charge in [0.05, 0.1) is 13.7 Å². The number of rotatable bonds is 3. The summed E-state index contributed by atoms with van der Waals surface area (Å²) in [7, 11) is -4.17. The smallest absolute Gasteiger partial charge is 0.249 e. The first-order chi connectivity index (χ1) is 10.2. The third kappa shape index (κ3) is 2.50. The minimum Gasteiger partial charge on any atom is -0.491 e. The summed E-state index contributed by atoms with van der Waals surface area (Å²) in [6, 6.07) is 0. The van der Waals surface area contributed by atoms with Gasteiger partial charge in [-0.05, 0) is 0 Å². The van der Waals surface area contributed by atoms with Gasteiger partial charge in [-0.2, -0.15) is 13.1 Å². The molecular formula is C11H10F4N2O4S. The first kappa shape index (κ1) is 16.5. The van der Waals surface area contributed by atoms with E-state index in [2.05, 4.69) is 10.1 Å². The minimum absolute atomic E-state index is 0.0948. The summed E-state index contributed by atoms with van der Waals surface area (Å²) in [6.45, 7) is -1.10. The van der Waals surface area contributed by atoms with Gasteiger partial charge in [-0.3, -0.25) is 4.79 Å². The normalized spacial score (nSPS) is 16.5. The van der Waals surface area contributed by atoms with Crippen LogP contribution in [0, 0.1) is 23.3 Å². The molecule has 1 aliphatic rings. The highest BCUT2D eigenvalue weighted by molar-refractivity contribution is 7.89. The highest BCUT2D eigenvalue weighted by atomic mass is 32.2. The van der Waals surface area contributed by atoms with Gasteiger partial charge in [-0.15, -0.1) is 0 Å². The molecule has 0 spiro atoms. The summed E-state index contributed by atoms with van der Waals surface area (Å²) in [6.07, 6.45) is 0. The van der Waals surface area contributed by atoms with Crippen molar-refractivity contribution in [2.24, 2.45) is 0 Å². The number of ether oxygens (including phenoxy) is 1. The highest BCUT2D eigenvalue weighted by Gasteiger charge is 2.38. The van der Waals surface area contributed by atoms with Crippen LogP contribution in [-0.4, -0.2) is 45.4 Å². The molecule has 22 heavy (non-hydrogen) atoms. The van der Waals surface area contributed by atoms with Gasteiger partial charge in [-0.25, -0.2) is 17.2 Å². The fraction of sp³-hybridized carbons (Fsp3) is 0.364. The van der Waals surface area contributed by atoms with Crippen LogP contribution < -0.4 is 10.1 Å². The fourth-order valence-corrected chi connectivity index (χ4v) is 3.46. The molecule has 2 rings (SSSR count). The lowest BCUT2D eigenvalue weighted by molar-refractivity contribution is -0.122. The molecule has 1 saturated heterocycles. The molecule has 0 saturated carbocycles. The standard InChI is InChI=1S/C11H10F4N2O4S/c1-21-10-6(12)8(14)11(9(15)7(10)13)22(19,20)17-3-2-16-5(18)4-17/h2-4H2,1H3,(H,16,18). The Balaban J connectivity index is 2.64. The molecule has 122 valence electrons. The molecule has 1 aliphatic heterocycles. The summed E-state index contributed by atoms with van der Waals surface area (Å²) in [5.74, 6) is -10.2. The van der Waals surface area contributed by atoms with Gasteiger partial charge in [0.25, 0.3) is 0 Å². The van der Waals surface area contributed by atoms with E-state index >= 15 is 0 Å². The quantitative estimate of drug-likeness (QED) is 0.636. The lowest BCUT2D eigenvalue weighted by Gasteiger charge is -2.26. The molecular weight excluding hydrogens is 332 g/mol. The molecule has 1 fully saturated rings. The van der Waals surface area contributed by atoms with Crippen molar-refractivity contribution < 1.29 is 35.5 Å². The van der Waals surface area contributed by atoms with E-state index in [1.165, 1.54) is 0 Å². The van der Waals surface area contributed by atoms with Crippen LogP contribution in [0.4, 0.5) is 17.6 Å². The molecule has 0 aliphatic carbocycles. The topological polar surface area (TPSA) is 75.7 Å².